The zero-order valence-corrected chi connectivity index (χ0v) is 11.0. The van der Waals surface area contributed by atoms with Crippen molar-refractivity contribution in [2.24, 2.45) is 11.8 Å². The lowest BCUT2D eigenvalue weighted by Gasteiger charge is -2.15. The lowest BCUT2D eigenvalue weighted by molar-refractivity contribution is 0.414. The summed E-state index contributed by atoms with van der Waals surface area (Å²) < 4.78 is 5.37. The Morgan fingerprint density at radius 2 is 2.05 bits per heavy atom. The second-order valence-electron chi connectivity index (χ2n) is 5.31. The number of hydrogen-bond acceptors (Lipinski definition) is 3. The number of nitrogens with two attached hydrogens (primary N) is 1. The zero-order valence-electron chi connectivity index (χ0n) is 11.0. The smallest absolute Gasteiger partial charge is 0.103 e. The molecule has 1 aromatic heterocycles. The van der Waals surface area contributed by atoms with Gasteiger partial charge in [0.25, 0.3) is 0 Å². The molecular weight excluding hydrogens is 236 g/mol. The maximum atomic E-state index is 5.71. The van der Waals surface area contributed by atoms with Crippen molar-refractivity contribution in [3.8, 4) is 0 Å². The maximum Gasteiger partial charge on any atom is 0.103 e. The van der Waals surface area contributed by atoms with Crippen LogP contribution in [-0.4, -0.2) is 6.04 Å². The second-order valence-corrected chi connectivity index (χ2v) is 5.31. The number of aryl methyl sites for hydroxylation is 1. The van der Waals surface area contributed by atoms with Gasteiger partial charge >= 0.3 is 0 Å². The SMILES string of the molecule is NNC(CCc1ccco1)C1CC1c1ccccc1. The Balaban J connectivity index is 1.56. The molecule has 1 heterocycles. The number of hydrazine groups is 1. The average Bonchev–Trinajstić information content (AvgIpc) is 3.07. The minimum atomic E-state index is 0.371. The van der Waals surface area contributed by atoms with Crippen LogP contribution in [0.4, 0.5) is 0 Å². The Kier molecular flexibility index (Phi) is 3.67. The molecule has 3 unspecified atom stereocenters. The zero-order chi connectivity index (χ0) is 13.1. The summed E-state index contributed by atoms with van der Waals surface area (Å²) in [7, 11) is 0. The van der Waals surface area contributed by atoms with E-state index in [2.05, 4.69) is 35.8 Å². The largest absolute Gasteiger partial charge is 0.469 e. The van der Waals surface area contributed by atoms with Crippen molar-refractivity contribution in [2.45, 2.75) is 31.2 Å². The van der Waals surface area contributed by atoms with E-state index in [0.717, 1.165) is 18.6 Å². The van der Waals surface area contributed by atoms with Gasteiger partial charge in [0.05, 0.1) is 6.26 Å². The van der Waals surface area contributed by atoms with Crippen LogP contribution in [0.2, 0.25) is 0 Å². The third-order valence-electron chi connectivity index (χ3n) is 4.08. The van der Waals surface area contributed by atoms with Crippen molar-refractivity contribution in [3.63, 3.8) is 0 Å². The molecule has 0 spiro atoms. The van der Waals surface area contributed by atoms with E-state index in [1.54, 1.807) is 6.26 Å². The van der Waals surface area contributed by atoms with Gasteiger partial charge in [0.1, 0.15) is 5.76 Å². The number of nitrogens with one attached hydrogen (secondary N) is 1. The molecule has 0 aliphatic heterocycles. The van der Waals surface area contributed by atoms with Gasteiger partial charge in [0.15, 0.2) is 0 Å². The van der Waals surface area contributed by atoms with E-state index >= 15 is 0 Å². The summed E-state index contributed by atoms with van der Waals surface area (Å²) in [5.74, 6) is 8.07. The molecule has 1 saturated carbocycles. The number of furan rings is 1. The van der Waals surface area contributed by atoms with Crippen LogP contribution in [-0.2, 0) is 6.42 Å². The first-order valence-corrected chi connectivity index (χ1v) is 6.92. The van der Waals surface area contributed by atoms with Crippen molar-refractivity contribution in [1.29, 1.82) is 0 Å². The highest BCUT2D eigenvalue weighted by atomic mass is 16.3. The van der Waals surface area contributed by atoms with Crippen molar-refractivity contribution in [2.75, 3.05) is 0 Å². The molecule has 1 aliphatic carbocycles. The first-order valence-electron chi connectivity index (χ1n) is 6.92. The van der Waals surface area contributed by atoms with E-state index in [0.29, 0.717) is 17.9 Å². The molecule has 0 radical (unpaired) electrons. The van der Waals surface area contributed by atoms with Crippen LogP contribution in [0.3, 0.4) is 0 Å². The van der Waals surface area contributed by atoms with Crippen LogP contribution < -0.4 is 11.3 Å². The predicted octanol–water partition coefficient (Wildman–Crippen LogP) is 2.85. The molecule has 1 aliphatic rings. The Hall–Kier alpha value is -1.58. The van der Waals surface area contributed by atoms with Crippen molar-refractivity contribution >= 4 is 0 Å². The number of rotatable bonds is 6. The molecule has 3 rings (SSSR count). The van der Waals surface area contributed by atoms with Gasteiger partial charge in [0.2, 0.25) is 0 Å². The quantitative estimate of drug-likeness (QED) is 0.617. The van der Waals surface area contributed by atoms with E-state index in [1.807, 2.05) is 12.1 Å². The van der Waals surface area contributed by atoms with E-state index in [4.69, 9.17) is 10.3 Å². The Labute approximate surface area is 113 Å². The number of benzene rings is 1. The fourth-order valence-corrected chi connectivity index (χ4v) is 2.92. The first kappa shape index (κ1) is 12.5. The highest BCUT2D eigenvalue weighted by molar-refractivity contribution is 5.26. The van der Waals surface area contributed by atoms with Gasteiger partial charge in [-0.1, -0.05) is 30.3 Å². The number of hydrogen-bond donors (Lipinski definition) is 2. The van der Waals surface area contributed by atoms with Crippen molar-refractivity contribution < 1.29 is 4.42 Å². The van der Waals surface area contributed by atoms with Crippen LogP contribution in [0.15, 0.2) is 53.1 Å². The standard InChI is InChI=1S/C16H20N2O/c17-18-16(9-8-13-7-4-10-19-13)15-11-14(15)12-5-2-1-3-6-12/h1-7,10,14-16,18H,8-9,11,17H2. The van der Waals surface area contributed by atoms with Crippen LogP contribution in [0, 0.1) is 5.92 Å². The van der Waals surface area contributed by atoms with Crippen LogP contribution in [0.5, 0.6) is 0 Å². The van der Waals surface area contributed by atoms with Crippen molar-refractivity contribution in [3.05, 3.63) is 60.1 Å². The van der Waals surface area contributed by atoms with E-state index in [-0.39, 0.29) is 0 Å². The van der Waals surface area contributed by atoms with Crippen LogP contribution in [0.1, 0.15) is 30.1 Å². The first-order chi connectivity index (χ1) is 9.38. The summed E-state index contributed by atoms with van der Waals surface area (Å²) in [5.41, 5.74) is 4.42. The minimum absolute atomic E-state index is 0.371. The molecule has 3 nitrogen and oxygen atoms in total. The van der Waals surface area contributed by atoms with Crippen molar-refractivity contribution in [1.82, 2.24) is 5.43 Å². The minimum Gasteiger partial charge on any atom is -0.469 e. The Morgan fingerprint density at radius 3 is 2.74 bits per heavy atom. The summed E-state index contributed by atoms with van der Waals surface area (Å²) in [6.07, 6.45) is 4.93. The molecule has 100 valence electrons. The molecule has 0 saturated heterocycles. The summed E-state index contributed by atoms with van der Waals surface area (Å²) in [6, 6.07) is 15.0. The molecule has 2 aromatic rings. The fraction of sp³-hybridized carbons (Fsp3) is 0.375. The maximum absolute atomic E-state index is 5.71. The second kappa shape index (κ2) is 5.59. The summed E-state index contributed by atoms with van der Waals surface area (Å²) in [6.45, 7) is 0. The highest BCUT2D eigenvalue weighted by Crippen LogP contribution is 2.50. The van der Waals surface area contributed by atoms with E-state index < -0.39 is 0 Å². The lowest BCUT2D eigenvalue weighted by atomic mass is 10.0. The molecule has 0 amide bonds. The molecule has 19 heavy (non-hydrogen) atoms. The Morgan fingerprint density at radius 1 is 1.21 bits per heavy atom. The third kappa shape index (κ3) is 2.88. The molecular formula is C16H20N2O. The van der Waals surface area contributed by atoms with E-state index in [9.17, 15) is 0 Å². The molecule has 0 bridgehead atoms. The van der Waals surface area contributed by atoms with Gasteiger partial charge < -0.3 is 4.42 Å². The molecule has 3 heteroatoms. The normalized spacial score (nSPS) is 23.2. The fourth-order valence-electron chi connectivity index (χ4n) is 2.92. The highest BCUT2D eigenvalue weighted by Gasteiger charge is 2.43. The van der Waals surface area contributed by atoms with Gasteiger partial charge in [-0.3, -0.25) is 11.3 Å². The Bertz CT molecular complexity index is 495. The summed E-state index contributed by atoms with van der Waals surface area (Å²) >= 11 is 0. The van der Waals surface area contributed by atoms with Gasteiger partial charge in [-0.25, -0.2) is 0 Å². The predicted molar refractivity (Wildman–Crippen MR) is 75.4 cm³/mol. The summed E-state index contributed by atoms with van der Waals surface area (Å²) in [5, 5.41) is 0. The topological polar surface area (TPSA) is 51.2 Å². The van der Waals surface area contributed by atoms with E-state index in [1.165, 1.54) is 12.0 Å². The third-order valence-corrected chi connectivity index (χ3v) is 4.08. The average molecular weight is 256 g/mol. The van der Waals surface area contributed by atoms with Gasteiger partial charge in [-0.05, 0) is 42.4 Å². The summed E-state index contributed by atoms with van der Waals surface area (Å²) in [4.78, 5) is 0. The lowest BCUT2D eigenvalue weighted by Crippen LogP contribution is -2.37. The van der Waals surface area contributed by atoms with Gasteiger partial charge in [-0.15, -0.1) is 0 Å². The molecule has 1 fully saturated rings. The van der Waals surface area contributed by atoms with Crippen LogP contribution in [0.25, 0.3) is 0 Å². The monoisotopic (exact) mass is 256 g/mol. The molecule has 1 aromatic carbocycles. The van der Waals surface area contributed by atoms with Crippen LogP contribution >= 0.6 is 0 Å². The van der Waals surface area contributed by atoms with Gasteiger partial charge in [-0.2, -0.15) is 0 Å². The molecule has 3 atom stereocenters. The molecule has 3 N–H and O–H groups in total. The van der Waals surface area contributed by atoms with Gasteiger partial charge in [0, 0.05) is 12.5 Å².